The van der Waals surface area contributed by atoms with Gasteiger partial charge < -0.3 is 14.5 Å². The summed E-state index contributed by atoms with van der Waals surface area (Å²) >= 11 is 0. The Kier molecular flexibility index (Phi) is 5.53. The molecule has 0 bridgehead atoms. The molecule has 0 N–H and O–H groups in total. The Morgan fingerprint density at radius 2 is 1.96 bits per heavy atom. The summed E-state index contributed by atoms with van der Waals surface area (Å²) in [6.45, 7) is 5.94. The average molecular weight is 347 g/mol. The van der Waals surface area contributed by atoms with Crippen molar-refractivity contribution in [2.45, 2.75) is 26.2 Å². The average Bonchev–Trinajstić information content (AvgIpc) is 2.86. The molecule has 2 aliphatic heterocycles. The summed E-state index contributed by atoms with van der Waals surface area (Å²) in [6, 6.07) is 4.89. The third kappa shape index (κ3) is 4.10. The van der Waals surface area contributed by atoms with Crippen LogP contribution in [0.5, 0.6) is 0 Å². The van der Waals surface area contributed by atoms with Gasteiger partial charge in [0.05, 0.1) is 18.1 Å². The van der Waals surface area contributed by atoms with Crippen molar-refractivity contribution >= 4 is 17.3 Å². The van der Waals surface area contributed by atoms with E-state index in [0.29, 0.717) is 43.5 Å². The van der Waals surface area contributed by atoms with Crippen LogP contribution in [0.15, 0.2) is 18.2 Å². The lowest BCUT2D eigenvalue weighted by molar-refractivity contribution is -0.384. The van der Waals surface area contributed by atoms with Crippen LogP contribution >= 0.6 is 0 Å². The third-order valence-corrected chi connectivity index (χ3v) is 5.07. The lowest BCUT2D eigenvalue weighted by atomic mass is 10.0. The van der Waals surface area contributed by atoms with Gasteiger partial charge in [-0.2, -0.15) is 0 Å². The van der Waals surface area contributed by atoms with E-state index in [1.165, 1.54) is 6.07 Å². The molecule has 0 saturated carbocycles. The standard InChI is InChI=1S/C18H25N3O4/c1-14-3-2-7-19(8-6-14)16-5-4-15(13-17(16)21(23)24)18(22)20-9-11-25-12-10-20/h4-5,13-14H,2-3,6-12H2,1H3/t14-/m1/s1. The van der Waals surface area contributed by atoms with Crippen molar-refractivity contribution in [2.75, 3.05) is 44.3 Å². The molecular weight excluding hydrogens is 322 g/mol. The van der Waals surface area contributed by atoms with Gasteiger partial charge in [-0.15, -0.1) is 0 Å². The van der Waals surface area contributed by atoms with Gasteiger partial charge in [0.2, 0.25) is 0 Å². The monoisotopic (exact) mass is 347 g/mol. The van der Waals surface area contributed by atoms with Crippen LogP contribution in [-0.2, 0) is 4.74 Å². The van der Waals surface area contributed by atoms with Gasteiger partial charge in [-0.3, -0.25) is 14.9 Å². The van der Waals surface area contributed by atoms with Crippen LogP contribution in [0, 0.1) is 16.0 Å². The molecule has 3 rings (SSSR count). The number of rotatable bonds is 3. The third-order valence-electron chi connectivity index (χ3n) is 5.07. The number of amides is 1. The number of carbonyl (C=O) groups excluding carboxylic acids is 1. The van der Waals surface area contributed by atoms with Gasteiger partial charge in [0.1, 0.15) is 5.69 Å². The van der Waals surface area contributed by atoms with Crippen molar-refractivity contribution in [2.24, 2.45) is 5.92 Å². The van der Waals surface area contributed by atoms with Gasteiger partial charge in [-0.05, 0) is 37.3 Å². The van der Waals surface area contributed by atoms with Crippen LogP contribution in [0.3, 0.4) is 0 Å². The van der Waals surface area contributed by atoms with Crippen molar-refractivity contribution in [3.05, 3.63) is 33.9 Å². The minimum atomic E-state index is -0.375. The quantitative estimate of drug-likeness (QED) is 0.621. The van der Waals surface area contributed by atoms with Gasteiger partial charge in [-0.1, -0.05) is 6.92 Å². The summed E-state index contributed by atoms with van der Waals surface area (Å²) < 4.78 is 5.26. The molecule has 7 heteroatoms. The van der Waals surface area contributed by atoms with Crippen molar-refractivity contribution in [3.63, 3.8) is 0 Å². The van der Waals surface area contributed by atoms with Crippen LogP contribution < -0.4 is 4.90 Å². The second-order valence-electron chi connectivity index (χ2n) is 6.89. The lowest BCUT2D eigenvalue weighted by Gasteiger charge is -2.27. The van der Waals surface area contributed by atoms with Crippen LogP contribution in [0.1, 0.15) is 36.5 Å². The number of carbonyl (C=O) groups is 1. The molecule has 2 fully saturated rings. The van der Waals surface area contributed by atoms with E-state index in [1.807, 2.05) is 0 Å². The van der Waals surface area contributed by atoms with E-state index in [4.69, 9.17) is 4.74 Å². The minimum Gasteiger partial charge on any atom is -0.378 e. The lowest BCUT2D eigenvalue weighted by Crippen LogP contribution is -2.40. The predicted octanol–water partition coefficient (Wildman–Crippen LogP) is 2.69. The Labute approximate surface area is 147 Å². The molecule has 0 unspecified atom stereocenters. The number of anilines is 1. The molecule has 0 radical (unpaired) electrons. The molecule has 1 aromatic rings. The Hall–Kier alpha value is -2.15. The zero-order chi connectivity index (χ0) is 17.8. The number of nitro benzene ring substituents is 1. The molecule has 0 spiro atoms. The first-order chi connectivity index (χ1) is 12.1. The fourth-order valence-corrected chi connectivity index (χ4v) is 3.52. The van der Waals surface area contributed by atoms with Crippen LogP contribution in [0.4, 0.5) is 11.4 Å². The fourth-order valence-electron chi connectivity index (χ4n) is 3.52. The van der Waals surface area contributed by atoms with E-state index in [-0.39, 0.29) is 16.5 Å². The Morgan fingerprint density at radius 1 is 1.20 bits per heavy atom. The van der Waals surface area contributed by atoms with E-state index < -0.39 is 0 Å². The molecule has 1 amide bonds. The number of hydrogen-bond donors (Lipinski definition) is 0. The summed E-state index contributed by atoms with van der Waals surface area (Å²) in [5.74, 6) is 0.480. The molecule has 0 aliphatic carbocycles. The number of ether oxygens (including phenoxy) is 1. The highest BCUT2D eigenvalue weighted by Crippen LogP contribution is 2.32. The first-order valence-corrected chi connectivity index (χ1v) is 8.96. The van der Waals surface area contributed by atoms with E-state index in [1.54, 1.807) is 17.0 Å². The van der Waals surface area contributed by atoms with Crippen molar-refractivity contribution in [3.8, 4) is 0 Å². The smallest absolute Gasteiger partial charge is 0.293 e. The van der Waals surface area contributed by atoms with Gasteiger partial charge in [0, 0.05) is 37.8 Å². The van der Waals surface area contributed by atoms with Crippen LogP contribution in [-0.4, -0.2) is 55.1 Å². The van der Waals surface area contributed by atoms with E-state index in [2.05, 4.69) is 11.8 Å². The van der Waals surface area contributed by atoms with E-state index in [0.717, 1.165) is 32.4 Å². The van der Waals surface area contributed by atoms with Crippen LogP contribution in [0.2, 0.25) is 0 Å². The number of morpholine rings is 1. The topological polar surface area (TPSA) is 75.9 Å². The largest absolute Gasteiger partial charge is 0.378 e. The summed E-state index contributed by atoms with van der Waals surface area (Å²) in [5.41, 5.74) is 1.02. The number of hydrogen-bond acceptors (Lipinski definition) is 5. The van der Waals surface area contributed by atoms with Gasteiger partial charge in [-0.25, -0.2) is 0 Å². The molecule has 2 heterocycles. The highest BCUT2D eigenvalue weighted by molar-refractivity contribution is 5.95. The minimum absolute atomic E-state index is 0.0219. The maximum Gasteiger partial charge on any atom is 0.293 e. The fraction of sp³-hybridized carbons (Fsp3) is 0.611. The molecule has 1 aromatic carbocycles. The van der Waals surface area contributed by atoms with E-state index >= 15 is 0 Å². The van der Waals surface area contributed by atoms with Crippen molar-refractivity contribution in [1.82, 2.24) is 4.90 Å². The second kappa shape index (κ2) is 7.82. The summed E-state index contributed by atoms with van der Waals surface area (Å²) in [7, 11) is 0. The summed E-state index contributed by atoms with van der Waals surface area (Å²) in [5, 5.41) is 11.6. The molecule has 0 aromatic heterocycles. The van der Waals surface area contributed by atoms with Crippen LogP contribution in [0.25, 0.3) is 0 Å². The maximum absolute atomic E-state index is 12.6. The highest BCUT2D eigenvalue weighted by atomic mass is 16.6. The Morgan fingerprint density at radius 3 is 2.68 bits per heavy atom. The first kappa shape index (κ1) is 17.7. The Balaban J connectivity index is 1.85. The van der Waals surface area contributed by atoms with Crippen molar-refractivity contribution in [1.29, 1.82) is 0 Å². The highest BCUT2D eigenvalue weighted by Gasteiger charge is 2.26. The normalized spacial score (nSPS) is 21.7. The number of nitro groups is 1. The second-order valence-corrected chi connectivity index (χ2v) is 6.89. The SMILES string of the molecule is C[C@@H]1CCCN(c2ccc(C(=O)N3CCOCC3)cc2[N+](=O)[O-])CC1. The van der Waals surface area contributed by atoms with Crippen molar-refractivity contribution < 1.29 is 14.5 Å². The summed E-state index contributed by atoms with van der Waals surface area (Å²) in [4.78, 5) is 27.6. The molecule has 7 nitrogen and oxygen atoms in total. The maximum atomic E-state index is 12.6. The van der Waals surface area contributed by atoms with E-state index in [9.17, 15) is 14.9 Å². The molecular formula is C18H25N3O4. The zero-order valence-corrected chi connectivity index (χ0v) is 14.6. The zero-order valence-electron chi connectivity index (χ0n) is 14.6. The molecule has 25 heavy (non-hydrogen) atoms. The molecule has 2 saturated heterocycles. The molecule has 2 aliphatic rings. The molecule has 136 valence electrons. The van der Waals surface area contributed by atoms with Gasteiger partial charge in [0.25, 0.3) is 11.6 Å². The number of benzene rings is 1. The number of nitrogens with zero attached hydrogens (tertiary/aromatic N) is 3. The van der Waals surface area contributed by atoms with Gasteiger partial charge >= 0.3 is 0 Å². The van der Waals surface area contributed by atoms with Gasteiger partial charge in [0.15, 0.2) is 0 Å². The Bertz CT molecular complexity index is 643. The predicted molar refractivity (Wildman–Crippen MR) is 95.0 cm³/mol. The summed E-state index contributed by atoms with van der Waals surface area (Å²) in [6.07, 6.45) is 3.22. The molecule has 1 atom stereocenters. The first-order valence-electron chi connectivity index (χ1n) is 8.96.